The van der Waals surface area contributed by atoms with E-state index < -0.39 is 0 Å². The Hall–Kier alpha value is -1.71. The highest BCUT2D eigenvalue weighted by atomic mass is 16.1. The van der Waals surface area contributed by atoms with Crippen molar-refractivity contribution in [3.05, 3.63) is 29.7 Å². The van der Waals surface area contributed by atoms with Crippen LogP contribution in [0.15, 0.2) is 18.3 Å². The van der Waals surface area contributed by atoms with Crippen molar-refractivity contribution in [3.8, 4) is 0 Å². The number of ketones is 1. The van der Waals surface area contributed by atoms with E-state index in [1.807, 2.05) is 0 Å². The molecule has 0 spiro atoms. The quantitative estimate of drug-likeness (QED) is 0.740. The average molecular weight is 217 g/mol. The van der Waals surface area contributed by atoms with Crippen LogP contribution in [0.5, 0.6) is 0 Å². The van der Waals surface area contributed by atoms with Gasteiger partial charge in [-0.15, -0.1) is 0 Å². The third-order valence-corrected chi connectivity index (χ3v) is 2.38. The van der Waals surface area contributed by atoms with E-state index >= 15 is 0 Å². The van der Waals surface area contributed by atoms with E-state index in [-0.39, 0.29) is 5.78 Å². The van der Waals surface area contributed by atoms with Crippen LogP contribution >= 0.6 is 0 Å². The van der Waals surface area contributed by atoms with Gasteiger partial charge in [-0.25, -0.2) is 9.50 Å². The number of Topliss-reactive ketones (excluding diaryl/α,β-unsaturated/α-hetero) is 1. The van der Waals surface area contributed by atoms with Crippen LogP contribution in [-0.2, 0) is 6.42 Å². The Labute approximate surface area is 94.3 Å². The molecule has 2 aromatic rings. The number of aromatic nitrogens is 3. The Kier molecular flexibility index (Phi) is 2.73. The highest BCUT2D eigenvalue weighted by Crippen LogP contribution is 2.09. The van der Waals surface area contributed by atoms with Crippen LogP contribution in [0.4, 0.5) is 0 Å². The van der Waals surface area contributed by atoms with Gasteiger partial charge in [0.1, 0.15) is 0 Å². The van der Waals surface area contributed by atoms with Gasteiger partial charge in [0.25, 0.3) is 0 Å². The van der Waals surface area contributed by atoms with E-state index in [9.17, 15) is 4.79 Å². The fourth-order valence-electron chi connectivity index (χ4n) is 1.60. The number of rotatable bonds is 3. The summed E-state index contributed by atoms with van der Waals surface area (Å²) in [7, 11) is 0. The van der Waals surface area contributed by atoms with Gasteiger partial charge in [0.2, 0.25) is 0 Å². The number of fused-ring (bicyclic) bond motifs is 1. The molecule has 0 saturated heterocycles. The van der Waals surface area contributed by atoms with Gasteiger partial charge in [0.15, 0.2) is 17.3 Å². The van der Waals surface area contributed by atoms with Crippen LogP contribution < -0.4 is 0 Å². The largest absolute Gasteiger partial charge is 0.295 e. The summed E-state index contributed by atoms with van der Waals surface area (Å²) >= 11 is 0. The summed E-state index contributed by atoms with van der Waals surface area (Å²) in [6.45, 7) is 5.82. The second-order valence-corrected chi connectivity index (χ2v) is 4.40. The molecular formula is C12H15N3O. The predicted octanol–water partition coefficient (Wildman–Crippen LogP) is 2.13. The molecule has 0 N–H and O–H groups in total. The topological polar surface area (TPSA) is 47.3 Å². The van der Waals surface area contributed by atoms with Crippen LogP contribution in [0.3, 0.4) is 0 Å². The third-order valence-electron chi connectivity index (χ3n) is 2.38. The van der Waals surface area contributed by atoms with Crippen LogP contribution in [0.2, 0.25) is 0 Å². The van der Waals surface area contributed by atoms with Gasteiger partial charge in [0.05, 0.1) is 0 Å². The molecule has 2 aromatic heterocycles. The number of hydrogen-bond donors (Lipinski definition) is 0. The van der Waals surface area contributed by atoms with Gasteiger partial charge in [-0.1, -0.05) is 13.8 Å². The lowest BCUT2D eigenvalue weighted by molar-refractivity contribution is 0.101. The van der Waals surface area contributed by atoms with Crippen molar-refractivity contribution in [1.29, 1.82) is 0 Å². The smallest absolute Gasteiger partial charge is 0.159 e. The zero-order valence-corrected chi connectivity index (χ0v) is 9.77. The van der Waals surface area contributed by atoms with Gasteiger partial charge in [-0.3, -0.25) is 4.79 Å². The molecule has 0 aromatic carbocycles. The maximum atomic E-state index is 11.2. The highest BCUT2D eigenvalue weighted by molar-refractivity contribution is 5.94. The summed E-state index contributed by atoms with van der Waals surface area (Å²) in [5.74, 6) is 1.41. The Bertz CT molecular complexity index is 528. The fraction of sp³-hybridized carbons (Fsp3) is 0.417. The number of hydrogen-bond acceptors (Lipinski definition) is 3. The normalized spacial score (nSPS) is 11.2. The predicted molar refractivity (Wildman–Crippen MR) is 61.5 cm³/mol. The lowest BCUT2D eigenvalue weighted by Gasteiger charge is -1.96. The first-order valence-corrected chi connectivity index (χ1v) is 5.42. The summed E-state index contributed by atoms with van der Waals surface area (Å²) in [4.78, 5) is 15.6. The Balaban J connectivity index is 2.42. The van der Waals surface area contributed by atoms with Crippen molar-refractivity contribution in [2.45, 2.75) is 27.2 Å². The number of carbonyl (C=O) groups is 1. The lowest BCUT2D eigenvalue weighted by atomic mass is 10.1. The average Bonchev–Trinajstić information content (AvgIpc) is 2.56. The second kappa shape index (κ2) is 4.04. The summed E-state index contributed by atoms with van der Waals surface area (Å²) in [5, 5.41) is 4.35. The molecule has 0 amide bonds. The van der Waals surface area contributed by atoms with Crippen LogP contribution in [-0.4, -0.2) is 20.4 Å². The van der Waals surface area contributed by atoms with E-state index in [2.05, 4.69) is 23.9 Å². The first-order chi connectivity index (χ1) is 7.56. The molecule has 0 bridgehead atoms. The lowest BCUT2D eigenvalue weighted by Crippen LogP contribution is -1.96. The maximum absolute atomic E-state index is 11.2. The van der Waals surface area contributed by atoms with E-state index in [4.69, 9.17) is 0 Å². The minimum atomic E-state index is 0.0518. The zero-order valence-electron chi connectivity index (χ0n) is 9.77. The SMILES string of the molecule is CC(=O)c1ccn2nc(CC(C)C)nc2c1. The summed E-state index contributed by atoms with van der Waals surface area (Å²) in [5.41, 5.74) is 1.42. The van der Waals surface area contributed by atoms with Crippen molar-refractivity contribution in [1.82, 2.24) is 14.6 Å². The van der Waals surface area contributed by atoms with Gasteiger partial charge >= 0.3 is 0 Å². The number of pyridine rings is 1. The van der Waals surface area contributed by atoms with Crippen molar-refractivity contribution in [2.75, 3.05) is 0 Å². The van der Waals surface area contributed by atoms with Gasteiger partial charge in [-0.2, -0.15) is 5.10 Å². The highest BCUT2D eigenvalue weighted by Gasteiger charge is 2.07. The van der Waals surface area contributed by atoms with Crippen LogP contribution in [0.1, 0.15) is 37.0 Å². The molecule has 4 heteroatoms. The minimum Gasteiger partial charge on any atom is -0.295 e. The monoisotopic (exact) mass is 217 g/mol. The van der Waals surface area contributed by atoms with Crippen LogP contribution in [0, 0.1) is 5.92 Å². The molecule has 0 aliphatic carbocycles. The molecule has 0 aliphatic heterocycles. The van der Waals surface area contributed by atoms with Crippen molar-refractivity contribution < 1.29 is 4.79 Å². The minimum absolute atomic E-state index is 0.0518. The maximum Gasteiger partial charge on any atom is 0.159 e. The Morgan fingerprint density at radius 2 is 2.25 bits per heavy atom. The molecule has 0 unspecified atom stereocenters. The zero-order chi connectivity index (χ0) is 11.7. The molecule has 0 atom stereocenters. The molecule has 16 heavy (non-hydrogen) atoms. The van der Waals surface area contributed by atoms with Gasteiger partial charge in [-0.05, 0) is 25.0 Å². The van der Waals surface area contributed by atoms with Crippen molar-refractivity contribution in [3.63, 3.8) is 0 Å². The molecule has 2 heterocycles. The van der Waals surface area contributed by atoms with Crippen molar-refractivity contribution in [2.24, 2.45) is 5.92 Å². The molecule has 0 aliphatic rings. The standard InChI is InChI=1S/C12H15N3O/c1-8(2)6-11-13-12-7-10(9(3)16)4-5-15(12)14-11/h4-5,7-8H,6H2,1-3H3. The van der Waals surface area contributed by atoms with Gasteiger partial charge < -0.3 is 0 Å². The Morgan fingerprint density at radius 1 is 1.50 bits per heavy atom. The molecule has 84 valence electrons. The third kappa shape index (κ3) is 2.10. The summed E-state index contributed by atoms with van der Waals surface area (Å²) in [6.07, 6.45) is 2.64. The van der Waals surface area contributed by atoms with E-state index in [0.717, 1.165) is 17.9 Å². The fourth-order valence-corrected chi connectivity index (χ4v) is 1.60. The summed E-state index contributed by atoms with van der Waals surface area (Å²) < 4.78 is 1.71. The number of carbonyl (C=O) groups excluding carboxylic acids is 1. The first kappa shape index (κ1) is 10.8. The van der Waals surface area contributed by atoms with Crippen LogP contribution in [0.25, 0.3) is 5.65 Å². The van der Waals surface area contributed by atoms with E-state index in [1.54, 1.807) is 29.8 Å². The van der Waals surface area contributed by atoms with Crippen molar-refractivity contribution >= 4 is 11.4 Å². The molecule has 2 rings (SSSR count). The molecular weight excluding hydrogens is 202 g/mol. The number of nitrogens with zero attached hydrogens (tertiary/aromatic N) is 3. The molecule has 4 nitrogen and oxygen atoms in total. The molecule has 0 fully saturated rings. The van der Waals surface area contributed by atoms with Gasteiger partial charge in [0, 0.05) is 18.2 Å². The first-order valence-electron chi connectivity index (χ1n) is 5.42. The molecule has 0 saturated carbocycles. The van der Waals surface area contributed by atoms with E-state index in [0.29, 0.717) is 11.5 Å². The summed E-state index contributed by atoms with van der Waals surface area (Å²) in [6, 6.07) is 3.54. The second-order valence-electron chi connectivity index (χ2n) is 4.40. The van der Waals surface area contributed by atoms with E-state index in [1.165, 1.54) is 0 Å². The molecule has 0 radical (unpaired) electrons. The Morgan fingerprint density at radius 3 is 2.88 bits per heavy atom.